The molecule has 2 aromatic heterocycles. The number of aliphatic hydroxyl groups excluding tert-OH is 1. The summed E-state index contributed by atoms with van der Waals surface area (Å²) in [5.74, 6) is -2.73. The first-order chi connectivity index (χ1) is 19.3. The number of hydrogen-bond acceptors (Lipinski definition) is 9. The average molecular weight is 848 g/mol. The molecule has 1 aliphatic carbocycles. The number of guanidine groups is 2. The van der Waals surface area contributed by atoms with Gasteiger partial charge in [0.2, 0.25) is 11.9 Å². The van der Waals surface area contributed by atoms with Crippen LogP contribution in [0.5, 0.6) is 0 Å². The Balaban J connectivity index is 1.35. The standard InChI is InChI=1S/C22H23Br4ClN10O4/c23-7-1-9(32-13(7)25)15(38)30-3-5-6(4-31-16(39)10-2-8(24)14(26)33-10)12(27)21-11(5)22(41)17(34-19(28)36-22)37(21)20(29)35-18(21)40/h1-2,5-6,11-12,17-18,32-33,40-41H,3-4H2,(H2,29,35)(H,30,38)(H,31,39)(H3,28,34,36)/p+1/t5-,6-,11+,12+,17?,18+,21+,22+/m0/s1. The van der Waals surface area contributed by atoms with Crippen molar-refractivity contribution in [2.24, 2.45) is 34.2 Å². The van der Waals surface area contributed by atoms with Crippen LogP contribution in [0.3, 0.4) is 0 Å². The first-order valence-electron chi connectivity index (χ1n) is 12.3. The Morgan fingerprint density at radius 1 is 1.05 bits per heavy atom. The van der Waals surface area contributed by atoms with Gasteiger partial charge in [-0.25, -0.2) is 10.3 Å². The number of rotatable bonds is 6. The van der Waals surface area contributed by atoms with E-state index >= 15 is 0 Å². The molecule has 12 N–H and O–H groups in total. The number of nitrogens with two attached hydrogens (primary N) is 2. The molecule has 1 saturated carbocycles. The number of halogens is 5. The van der Waals surface area contributed by atoms with Crippen molar-refractivity contribution in [1.82, 2.24) is 30.8 Å². The number of alkyl halides is 1. The fourth-order valence-electron chi connectivity index (χ4n) is 6.83. The number of amides is 2. The molecule has 1 saturated heterocycles. The predicted molar refractivity (Wildman–Crippen MR) is 161 cm³/mol. The second kappa shape index (κ2) is 10.1. The number of aliphatic imine (C=N–C) groups is 1. The maximum absolute atomic E-state index is 13.1. The number of hydrogen-bond donors (Lipinski definition) is 10. The van der Waals surface area contributed by atoms with E-state index in [9.17, 15) is 19.8 Å². The van der Waals surface area contributed by atoms with E-state index in [2.05, 4.69) is 99.6 Å². The summed E-state index contributed by atoms with van der Waals surface area (Å²) in [5.41, 5.74) is 9.77. The number of H-pyrrole nitrogens is 2. The normalized spacial score (nSPS) is 35.0. The molecule has 0 aromatic carbocycles. The third-order valence-electron chi connectivity index (χ3n) is 8.34. The van der Waals surface area contributed by atoms with Gasteiger partial charge in [-0.15, -0.1) is 11.6 Å². The lowest BCUT2D eigenvalue weighted by atomic mass is 9.77. The van der Waals surface area contributed by atoms with Crippen LogP contribution in [0.1, 0.15) is 21.0 Å². The Hall–Kier alpha value is -1.83. The molecular formula is C22H24Br4ClN10O4+. The molecule has 14 nitrogen and oxygen atoms in total. The lowest BCUT2D eigenvalue weighted by Gasteiger charge is -2.38. The van der Waals surface area contributed by atoms with Crippen molar-refractivity contribution in [1.29, 1.82) is 0 Å². The zero-order valence-electron chi connectivity index (χ0n) is 20.7. The summed E-state index contributed by atoms with van der Waals surface area (Å²) in [6.45, 7) is 0.0768. The highest BCUT2D eigenvalue weighted by molar-refractivity contribution is 9.13. The number of aliphatic hydroxyl groups is 2. The van der Waals surface area contributed by atoms with E-state index in [1.807, 2.05) is 0 Å². The molecule has 4 aliphatic rings. The second-order valence-electron chi connectivity index (χ2n) is 10.3. The van der Waals surface area contributed by atoms with Crippen molar-refractivity contribution in [2.75, 3.05) is 13.1 Å². The van der Waals surface area contributed by atoms with E-state index in [-0.39, 0.29) is 25.0 Å². The zero-order valence-corrected chi connectivity index (χ0v) is 27.8. The Labute approximate surface area is 271 Å². The van der Waals surface area contributed by atoms with Gasteiger partial charge >= 0.3 is 5.96 Å². The monoisotopic (exact) mass is 843 g/mol. The van der Waals surface area contributed by atoms with E-state index in [1.54, 1.807) is 17.0 Å². The molecule has 3 aliphatic heterocycles. The van der Waals surface area contributed by atoms with Gasteiger partial charge in [-0.05, 0) is 81.8 Å². The van der Waals surface area contributed by atoms with Gasteiger partial charge in [0.15, 0.2) is 12.2 Å². The average Bonchev–Trinajstić information content (AvgIpc) is 3.67. The Morgan fingerprint density at radius 2 is 1.59 bits per heavy atom. The van der Waals surface area contributed by atoms with Gasteiger partial charge in [0.05, 0.1) is 29.4 Å². The van der Waals surface area contributed by atoms with Crippen LogP contribution in [-0.4, -0.2) is 90.9 Å². The second-order valence-corrected chi connectivity index (χ2v) is 14.1. The van der Waals surface area contributed by atoms with Crippen molar-refractivity contribution >= 4 is 99.1 Å². The third-order valence-corrected chi connectivity index (χ3v) is 12.6. The van der Waals surface area contributed by atoms with Gasteiger partial charge in [0.1, 0.15) is 16.9 Å². The highest BCUT2D eigenvalue weighted by Gasteiger charge is 2.83. The van der Waals surface area contributed by atoms with Gasteiger partial charge < -0.3 is 36.5 Å². The maximum atomic E-state index is 13.1. The SMILES string of the molecule is NC1=N[C@H](O)[C@]23[C@H](Cl)[C@@H](CNC(=O)c4cc(Br)c(Br)[nH]4)[C@H](CNC(=O)c4cc(Br)c(Br)[nH]4)[C@H]2[C@]2(O)NC(N)=[NH+]C2N13. The van der Waals surface area contributed by atoms with Crippen molar-refractivity contribution in [3.63, 3.8) is 0 Å². The van der Waals surface area contributed by atoms with Gasteiger partial charge in [-0.3, -0.25) is 25.2 Å². The first kappa shape index (κ1) is 29.3. The fraction of sp³-hybridized carbons (Fsp3) is 0.455. The molecule has 8 atom stereocenters. The van der Waals surface area contributed by atoms with Crippen molar-refractivity contribution < 1.29 is 24.8 Å². The van der Waals surface area contributed by atoms with Crippen LogP contribution in [0.15, 0.2) is 35.3 Å². The van der Waals surface area contributed by atoms with Crippen LogP contribution in [-0.2, 0) is 0 Å². The number of aromatic nitrogens is 2. The molecule has 0 radical (unpaired) electrons. The molecule has 19 heteroatoms. The summed E-state index contributed by atoms with van der Waals surface area (Å²) in [6.07, 6.45) is -2.30. The van der Waals surface area contributed by atoms with Crippen LogP contribution in [0, 0.1) is 17.8 Å². The molecule has 1 spiro atoms. The molecular weight excluding hydrogens is 823 g/mol. The van der Waals surface area contributed by atoms with Crippen LogP contribution < -0.4 is 32.4 Å². The minimum atomic E-state index is -1.75. The van der Waals surface area contributed by atoms with Gasteiger partial charge in [0, 0.05) is 19.0 Å². The lowest BCUT2D eigenvalue weighted by Crippen LogP contribution is -2.86. The summed E-state index contributed by atoms with van der Waals surface area (Å²) in [4.78, 5) is 40.8. The predicted octanol–water partition coefficient (Wildman–Crippen LogP) is -1.26. The molecule has 2 amide bonds. The summed E-state index contributed by atoms with van der Waals surface area (Å²) >= 11 is 20.6. The highest BCUT2D eigenvalue weighted by atomic mass is 79.9. The van der Waals surface area contributed by atoms with Crippen LogP contribution >= 0.6 is 75.3 Å². The van der Waals surface area contributed by atoms with E-state index in [0.717, 1.165) is 0 Å². The highest BCUT2D eigenvalue weighted by Crippen LogP contribution is 2.62. The minimum Gasteiger partial charge on any atom is -0.370 e. The molecule has 1 unspecified atom stereocenters. The summed E-state index contributed by atoms with van der Waals surface area (Å²) < 4.78 is 2.55. The Kier molecular flexibility index (Phi) is 7.22. The number of carbonyl (C=O) groups excluding carboxylic acids is 2. The van der Waals surface area contributed by atoms with Gasteiger partial charge in [0.25, 0.3) is 11.8 Å². The molecule has 6 rings (SSSR count). The number of nitrogens with zero attached hydrogens (tertiary/aromatic N) is 2. The smallest absolute Gasteiger partial charge is 0.345 e. The molecule has 41 heavy (non-hydrogen) atoms. The Bertz CT molecular complexity index is 1480. The molecule has 2 aromatic rings. The quantitative estimate of drug-likeness (QED) is 0.158. The van der Waals surface area contributed by atoms with E-state index in [0.29, 0.717) is 29.5 Å². The van der Waals surface area contributed by atoms with E-state index in [4.69, 9.17) is 23.1 Å². The number of aromatic amines is 2. The number of fused-ring (bicyclic) bond motifs is 3. The molecule has 0 bridgehead atoms. The van der Waals surface area contributed by atoms with E-state index in [1.165, 1.54) is 0 Å². The summed E-state index contributed by atoms with van der Waals surface area (Å²) in [6, 6.07) is 3.25. The lowest BCUT2D eigenvalue weighted by molar-refractivity contribution is -0.534. The van der Waals surface area contributed by atoms with Crippen molar-refractivity contribution in [3.05, 3.63) is 41.7 Å². The maximum Gasteiger partial charge on any atom is 0.345 e. The third kappa shape index (κ3) is 4.19. The van der Waals surface area contributed by atoms with Crippen LogP contribution in [0.2, 0.25) is 0 Å². The topological polar surface area (TPSA) is 224 Å². The van der Waals surface area contributed by atoms with Crippen LogP contribution in [0.25, 0.3) is 0 Å². The minimum absolute atomic E-state index is 0.0206. The van der Waals surface area contributed by atoms with Gasteiger partial charge in [-0.1, -0.05) is 0 Å². The van der Waals surface area contributed by atoms with Gasteiger partial charge in [-0.2, -0.15) is 0 Å². The summed E-state index contributed by atoms with van der Waals surface area (Å²) in [7, 11) is 0. The Morgan fingerprint density at radius 3 is 2.10 bits per heavy atom. The molecule has 2 fully saturated rings. The van der Waals surface area contributed by atoms with Crippen LogP contribution in [0.4, 0.5) is 0 Å². The summed E-state index contributed by atoms with van der Waals surface area (Å²) in [5, 5.41) is 31.3. The first-order valence-corrected chi connectivity index (χ1v) is 15.9. The molecule has 220 valence electrons. The fourth-order valence-corrected chi connectivity index (χ4v) is 8.77. The number of nitrogens with one attached hydrogen (secondary N) is 6. The molecule has 5 heterocycles. The van der Waals surface area contributed by atoms with Crippen molar-refractivity contribution in [3.8, 4) is 0 Å². The zero-order chi connectivity index (χ0) is 29.6. The van der Waals surface area contributed by atoms with Crippen molar-refractivity contribution in [2.45, 2.75) is 29.0 Å². The van der Waals surface area contributed by atoms with E-state index < -0.39 is 58.6 Å². The number of carbonyl (C=O) groups is 2. The largest absolute Gasteiger partial charge is 0.370 e.